The summed E-state index contributed by atoms with van der Waals surface area (Å²) in [4.78, 5) is 9.57. The van der Waals surface area contributed by atoms with Gasteiger partial charge in [0.05, 0.1) is 26.8 Å². The third-order valence-corrected chi connectivity index (χ3v) is 4.97. The summed E-state index contributed by atoms with van der Waals surface area (Å²) in [6, 6.07) is 19.3. The van der Waals surface area contributed by atoms with Crippen molar-refractivity contribution in [2.24, 2.45) is 0 Å². The van der Waals surface area contributed by atoms with E-state index in [2.05, 4.69) is 5.32 Å². The maximum absolute atomic E-state index is 5.79. The van der Waals surface area contributed by atoms with Crippen LogP contribution < -0.4 is 25.3 Å². The zero-order valence-corrected chi connectivity index (χ0v) is 17.7. The summed E-state index contributed by atoms with van der Waals surface area (Å²) in [6.07, 6.45) is 0. The van der Waals surface area contributed by atoms with Crippen LogP contribution in [-0.4, -0.2) is 31.3 Å². The highest BCUT2D eigenvalue weighted by atomic mass is 16.5. The zero-order chi connectivity index (χ0) is 21.8. The number of hydrogen-bond acceptors (Lipinski definition) is 7. The normalized spacial score (nSPS) is 10.7. The Labute approximate surface area is 180 Å². The van der Waals surface area contributed by atoms with E-state index in [0.717, 1.165) is 33.5 Å². The number of nitrogens with one attached hydrogen (secondary N) is 1. The van der Waals surface area contributed by atoms with E-state index in [1.807, 2.05) is 60.7 Å². The van der Waals surface area contributed by atoms with E-state index < -0.39 is 0 Å². The number of rotatable bonds is 7. The molecule has 0 atom stereocenters. The SMILES string of the molecule is COc1cc(-c2nc(NCc3ccc(N)cc3)c3ccccc3n2)cc(OC)c1OC. The fraction of sp³-hybridized carbons (Fsp3) is 0.167. The molecule has 1 heterocycles. The van der Waals surface area contributed by atoms with Crippen molar-refractivity contribution in [1.82, 2.24) is 9.97 Å². The molecule has 3 N–H and O–H groups in total. The van der Waals surface area contributed by atoms with Crippen LogP contribution in [0.5, 0.6) is 17.2 Å². The second-order valence-electron chi connectivity index (χ2n) is 6.92. The standard InChI is InChI=1S/C24H24N4O3/c1-29-20-12-16(13-21(30-2)22(20)31-3)23-27-19-7-5-4-6-18(19)24(28-23)26-14-15-8-10-17(25)11-9-15/h4-13H,14,25H2,1-3H3,(H,26,27,28). The maximum atomic E-state index is 5.79. The number of para-hydroxylation sites is 1. The molecule has 158 valence electrons. The highest BCUT2D eigenvalue weighted by Gasteiger charge is 2.17. The van der Waals surface area contributed by atoms with Gasteiger partial charge in [-0.3, -0.25) is 0 Å². The van der Waals surface area contributed by atoms with Crippen molar-refractivity contribution in [2.75, 3.05) is 32.4 Å². The Morgan fingerprint density at radius 1 is 0.839 bits per heavy atom. The van der Waals surface area contributed by atoms with Gasteiger partial charge in [-0.1, -0.05) is 24.3 Å². The van der Waals surface area contributed by atoms with Crippen LogP contribution in [0.1, 0.15) is 5.56 Å². The summed E-state index contributed by atoms with van der Waals surface area (Å²) >= 11 is 0. The summed E-state index contributed by atoms with van der Waals surface area (Å²) in [5, 5.41) is 4.37. The number of anilines is 2. The van der Waals surface area contributed by atoms with E-state index >= 15 is 0 Å². The number of fused-ring (bicyclic) bond motifs is 1. The van der Waals surface area contributed by atoms with Gasteiger partial charge in [0, 0.05) is 23.2 Å². The van der Waals surface area contributed by atoms with Crippen molar-refractivity contribution >= 4 is 22.4 Å². The van der Waals surface area contributed by atoms with E-state index in [1.54, 1.807) is 21.3 Å². The van der Waals surface area contributed by atoms with E-state index in [-0.39, 0.29) is 0 Å². The van der Waals surface area contributed by atoms with E-state index in [9.17, 15) is 0 Å². The van der Waals surface area contributed by atoms with E-state index in [4.69, 9.17) is 29.9 Å². The van der Waals surface area contributed by atoms with Gasteiger partial charge in [-0.25, -0.2) is 9.97 Å². The highest BCUT2D eigenvalue weighted by Crippen LogP contribution is 2.41. The van der Waals surface area contributed by atoms with Crippen LogP contribution >= 0.6 is 0 Å². The van der Waals surface area contributed by atoms with Crippen molar-refractivity contribution in [3.05, 3.63) is 66.2 Å². The van der Waals surface area contributed by atoms with Gasteiger partial charge in [-0.15, -0.1) is 0 Å². The van der Waals surface area contributed by atoms with Crippen LogP contribution in [0.4, 0.5) is 11.5 Å². The fourth-order valence-electron chi connectivity index (χ4n) is 3.37. The average Bonchev–Trinajstić information content (AvgIpc) is 2.82. The van der Waals surface area contributed by atoms with Crippen molar-refractivity contribution in [3.8, 4) is 28.6 Å². The number of nitrogen functional groups attached to an aromatic ring is 1. The molecule has 0 aliphatic carbocycles. The van der Waals surface area contributed by atoms with Crippen molar-refractivity contribution in [1.29, 1.82) is 0 Å². The molecule has 7 nitrogen and oxygen atoms in total. The molecule has 0 unspecified atom stereocenters. The Balaban J connectivity index is 1.78. The van der Waals surface area contributed by atoms with Gasteiger partial charge in [0.25, 0.3) is 0 Å². The third kappa shape index (κ3) is 4.16. The summed E-state index contributed by atoms with van der Waals surface area (Å²) < 4.78 is 16.4. The first-order valence-electron chi connectivity index (χ1n) is 9.78. The molecule has 3 aromatic carbocycles. The first-order valence-corrected chi connectivity index (χ1v) is 9.78. The minimum atomic E-state index is 0.524. The minimum Gasteiger partial charge on any atom is -0.493 e. The molecule has 4 aromatic rings. The van der Waals surface area contributed by atoms with Crippen LogP contribution in [0.2, 0.25) is 0 Å². The van der Waals surface area contributed by atoms with Crippen LogP contribution in [-0.2, 0) is 6.54 Å². The third-order valence-electron chi connectivity index (χ3n) is 4.97. The number of aromatic nitrogens is 2. The number of hydrogen-bond donors (Lipinski definition) is 2. The Bertz CT molecular complexity index is 1180. The highest BCUT2D eigenvalue weighted by molar-refractivity contribution is 5.90. The van der Waals surface area contributed by atoms with Gasteiger partial charge in [0.2, 0.25) is 5.75 Å². The number of methoxy groups -OCH3 is 3. The lowest BCUT2D eigenvalue weighted by atomic mass is 10.1. The summed E-state index contributed by atoms with van der Waals surface area (Å²) in [5.74, 6) is 2.91. The van der Waals surface area contributed by atoms with Gasteiger partial charge in [-0.2, -0.15) is 0 Å². The molecule has 1 aromatic heterocycles. The second-order valence-corrected chi connectivity index (χ2v) is 6.92. The molecule has 0 fully saturated rings. The monoisotopic (exact) mass is 416 g/mol. The van der Waals surface area contributed by atoms with E-state index in [0.29, 0.717) is 29.6 Å². The average molecular weight is 416 g/mol. The van der Waals surface area contributed by atoms with Gasteiger partial charge < -0.3 is 25.3 Å². The largest absolute Gasteiger partial charge is 0.493 e. The van der Waals surface area contributed by atoms with Crippen LogP contribution in [0.25, 0.3) is 22.3 Å². The topological polar surface area (TPSA) is 91.5 Å². The first-order chi connectivity index (χ1) is 15.1. The molecule has 4 rings (SSSR count). The Kier molecular flexibility index (Phi) is 5.75. The van der Waals surface area contributed by atoms with Gasteiger partial charge in [0.1, 0.15) is 5.82 Å². The fourth-order valence-corrected chi connectivity index (χ4v) is 3.37. The predicted molar refractivity (Wildman–Crippen MR) is 123 cm³/mol. The lowest BCUT2D eigenvalue weighted by Gasteiger charge is -2.15. The summed E-state index contributed by atoms with van der Waals surface area (Å²) in [5.41, 5.74) is 9.22. The summed E-state index contributed by atoms with van der Waals surface area (Å²) in [6.45, 7) is 0.607. The lowest BCUT2D eigenvalue weighted by molar-refractivity contribution is 0.324. The molecule has 0 aliphatic heterocycles. The Morgan fingerprint density at radius 2 is 1.52 bits per heavy atom. The summed E-state index contributed by atoms with van der Waals surface area (Å²) in [7, 11) is 4.75. The van der Waals surface area contributed by atoms with Gasteiger partial charge in [-0.05, 0) is 42.0 Å². The zero-order valence-electron chi connectivity index (χ0n) is 17.7. The van der Waals surface area contributed by atoms with Crippen LogP contribution in [0, 0.1) is 0 Å². The van der Waals surface area contributed by atoms with Crippen molar-refractivity contribution < 1.29 is 14.2 Å². The Hall–Kier alpha value is -4.00. The molecular formula is C24H24N4O3. The number of ether oxygens (including phenoxy) is 3. The first kappa shape index (κ1) is 20.3. The molecule has 0 amide bonds. The van der Waals surface area contributed by atoms with E-state index in [1.165, 1.54) is 0 Å². The molecule has 31 heavy (non-hydrogen) atoms. The van der Waals surface area contributed by atoms with Crippen LogP contribution in [0.3, 0.4) is 0 Å². The smallest absolute Gasteiger partial charge is 0.203 e. The van der Waals surface area contributed by atoms with Gasteiger partial charge >= 0.3 is 0 Å². The number of nitrogens with zero attached hydrogens (tertiary/aromatic N) is 2. The molecular weight excluding hydrogens is 392 g/mol. The van der Waals surface area contributed by atoms with Crippen LogP contribution in [0.15, 0.2) is 60.7 Å². The molecule has 0 saturated carbocycles. The molecule has 0 bridgehead atoms. The maximum Gasteiger partial charge on any atom is 0.203 e. The Morgan fingerprint density at radius 3 is 2.16 bits per heavy atom. The predicted octanol–water partition coefficient (Wildman–Crippen LogP) is 4.52. The number of nitrogens with two attached hydrogens (primary N) is 1. The molecule has 0 spiro atoms. The molecule has 0 aliphatic rings. The minimum absolute atomic E-state index is 0.524. The molecule has 7 heteroatoms. The molecule has 0 radical (unpaired) electrons. The second kappa shape index (κ2) is 8.79. The van der Waals surface area contributed by atoms with Crippen molar-refractivity contribution in [2.45, 2.75) is 6.54 Å². The lowest BCUT2D eigenvalue weighted by Crippen LogP contribution is -2.05. The quantitative estimate of drug-likeness (QED) is 0.428. The number of benzene rings is 3. The molecule has 0 saturated heterocycles. The van der Waals surface area contributed by atoms with Gasteiger partial charge in [0.15, 0.2) is 17.3 Å². The van der Waals surface area contributed by atoms with Crippen molar-refractivity contribution in [3.63, 3.8) is 0 Å².